The Bertz CT molecular complexity index is 1000. The van der Waals surface area contributed by atoms with E-state index in [-0.39, 0.29) is 0 Å². The Morgan fingerprint density at radius 3 is 2.65 bits per heavy atom. The van der Waals surface area contributed by atoms with Crippen LogP contribution in [0, 0.1) is 0 Å². The fourth-order valence-electron chi connectivity index (χ4n) is 3.52. The lowest BCUT2D eigenvalue weighted by Crippen LogP contribution is -1.98. The highest BCUT2D eigenvalue weighted by Gasteiger charge is 2.10. The number of rotatable bonds is 5. The van der Waals surface area contributed by atoms with Crippen molar-refractivity contribution in [2.75, 3.05) is 0 Å². The summed E-state index contributed by atoms with van der Waals surface area (Å²) in [5.74, 6) is 0.510. The highest BCUT2D eigenvalue weighted by atomic mass is 14.7. The average molecular weight is 338 g/mol. The zero-order valence-corrected chi connectivity index (χ0v) is 15.0. The molecule has 0 radical (unpaired) electrons. The molecule has 0 aliphatic carbocycles. The van der Waals surface area contributed by atoms with E-state index in [1.54, 1.807) is 6.20 Å². The molecule has 128 valence electrons. The first-order valence-corrected chi connectivity index (χ1v) is 9.14. The number of aromatic nitrogens is 2. The van der Waals surface area contributed by atoms with E-state index in [0.717, 1.165) is 24.1 Å². The first-order valence-electron chi connectivity index (χ1n) is 9.14. The van der Waals surface area contributed by atoms with Crippen molar-refractivity contribution in [3.63, 3.8) is 0 Å². The van der Waals surface area contributed by atoms with Gasteiger partial charge in [0.15, 0.2) is 0 Å². The first-order chi connectivity index (χ1) is 12.8. The highest BCUT2D eigenvalue weighted by Crippen LogP contribution is 2.29. The highest BCUT2D eigenvalue weighted by molar-refractivity contribution is 5.86. The van der Waals surface area contributed by atoms with Gasteiger partial charge in [0, 0.05) is 24.2 Å². The summed E-state index contributed by atoms with van der Waals surface area (Å²) in [6.07, 6.45) is 7.72. The Hall–Kier alpha value is -3.00. The van der Waals surface area contributed by atoms with Crippen molar-refractivity contribution in [2.45, 2.75) is 25.7 Å². The molecular weight excluding hydrogens is 316 g/mol. The molecule has 2 heteroatoms. The van der Waals surface area contributed by atoms with Crippen LogP contribution < -0.4 is 0 Å². The van der Waals surface area contributed by atoms with Crippen molar-refractivity contribution < 1.29 is 0 Å². The Labute approximate surface area is 154 Å². The van der Waals surface area contributed by atoms with Crippen LogP contribution in [-0.2, 0) is 6.42 Å². The molecule has 0 N–H and O–H groups in total. The number of nitrogens with zero attached hydrogens (tertiary/aromatic N) is 2. The van der Waals surface area contributed by atoms with Crippen LogP contribution in [0.2, 0.25) is 0 Å². The number of hydrogen-bond acceptors (Lipinski definition) is 2. The third-order valence-electron chi connectivity index (χ3n) is 5.00. The topological polar surface area (TPSA) is 25.8 Å². The maximum atomic E-state index is 4.50. The van der Waals surface area contributed by atoms with Crippen molar-refractivity contribution in [2.24, 2.45) is 0 Å². The lowest BCUT2D eigenvalue weighted by atomic mass is 9.90. The summed E-state index contributed by atoms with van der Waals surface area (Å²) in [5.41, 5.74) is 4.82. The molecule has 0 aliphatic rings. The molecule has 4 rings (SSSR count). The summed E-state index contributed by atoms with van der Waals surface area (Å²) < 4.78 is 0. The zero-order valence-electron chi connectivity index (χ0n) is 15.0. The van der Waals surface area contributed by atoms with Crippen LogP contribution in [0.4, 0.5) is 0 Å². The number of hydrogen-bond donors (Lipinski definition) is 0. The van der Waals surface area contributed by atoms with Crippen molar-refractivity contribution in [3.8, 4) is 11.3 Å². The van der Waals surface area contributed by atoms with Crippen LogP contribution in [0.15, 0.2) is 85.3 Å². The van der Waals surface area contributed by atoms with Gasteiger partial charge >= 0.3 is 0 Å². The maximum Gasteiger partial charge on any atom is 0.0720 e. The molecule has 0 bridgehead atoms. The smallest absolute Gasteiger partial charge is 0.0720 e. The molecule has 2 aromatic heterocycles. The van der Waals surface area contributed by atoms with Gasteiger partial charge in [-0.05, 0) is 64.9 Å². The van der Waals surface area contributed by atoms with E-state index in [9.17, 15) is 0 Å². The van der Waals surface area contributed by atoms with E-state index < -0.39 is 0 Å². The van der Waals surface area contributed by atoms with Crippen LogP contribution in [0.1, 0.15) is 30.4 Å². The standard InChI is InChI=1S/C24H22N2/c1-18(22-10-4-7-20-6-2-3-9-23(20)22)11-12-19-13-15-26-24(16-19)21-8-5-14-25-17-21/h2-10,13-18H,11-12H2,1H3/t18-/m0/s1. The predicted octanol–water partition coefficient (Wildman–Crippen LogP) is 6.03. The van der Waals surface area contributed by atoms with Crippen LogP contribution in [0.25, 0.3) is 22.0 Å². The molecule has 2 heterocycles. The summed E-state index contributed by atoms with van der Waals surface area (Å²) in [4.78, 5) is 8.69. The fourth-order valence-corrected chi connectivity index (χ4v) is 3.52. The Morgan fingerprint density at radius 2 is 1.77 bits per heavy atom. The van der Waals surface area contributed by atoms with E-state index in [2.05, 4.69) is 77.6 Å². The van der Waals surface area contributed by atoms with Gasteiger partial charge in [0.05, 0.1) is 5.69 Å². The second-order valence-corrected chi connectivity index (χ2v) is 6.80. The molecule has 0 aliphatic heterocycles. The van der Waals surface area contributed by atoms with Gasteiger partial charge in [-0.25, -0.2) is 0 Å². The average Bonchev–Trinajstić information content (AvgIpc) is 2.72. The van der Waals surface area contributed by atoms with Crippen molar-refractivity contribution in [1.29, 1.82) is 0 Å². The number of fused-ring (bicyclic) bond motifs is 1. The summed E-state index contributed by atoms with van der Waals surface area (Å²) in [7, 11) is 0. The van der Waals surface area contributed by atoms with E-state index in [1.165, 1.54) is 21.9 Å². The molecule has 0 fully saturated rings. The summed E-state index contributed by atoms with van der Waals surface area (Å²) in [6.45, 7) is 2.32. The fraction of sp³-hybridized carbons (Fsp3) is 0.167. The third-order valence-corrected chi connectivity index (χ3v) is 5.00. The SMILES string of the molecule is C[C@@H](CCc1ccnc(-c2cccnc2)c1)c1cccc2ccccc12. The molecule has 0 spiro atoms. The van der Waals surface area contributed by atoms with Crippen LogP contribution in [0.3, 0.4) is 0 Å². The van der Waals surface area contributed by atoms with Gasteiger partial charge in [0.1, 0.15) is 0 Å². The molecular formula is C24H22N2. The second-order valence-electron chi connectivity index (χ2n) is 6.80. The van der Waals surface area contributed by atoms with E-state index in [1.807, 2.05) is 18.5 Å². The monoisotopic (exact) mass is 338 g/mol. The van der Waals surface area contributed by atoms with Gasteiger partial charge in [0.25, 0.3) is 0 Å². The van der Waals surface area contributed by atoms with Gasteiger partial charge in [-0.15, -0.1) is 0 Å². The van der Waals surface area contributed by atoms with Gasteiger partial charge in [-0.1, -0.05) is 49.4 Å². The minimum atomic E-state index is 0.510. The van der Waals surface area contributed by atoms with Gasteiger partial charge < -0.3 is 0 Å². The minimum absolute atomic E-state index is 0.510. The van der Waals surface area contributed by atoms with E-state index in [4.69, 9.17) is 0 Å². The number of benzene rings is 2. The number of pyridine rings is 2. The molecule has 0 amide bonds. The second kappa shape index (κ2) is 7.49. The van der Waals surface area contributed by atoms with Gasteiger partial charge in [-0.3, -0.25) is 9.97 Å². The van der Waals surface area contributed by atoms with Crippen molar-refractivity contribution in [3.05, 3.63) is 96.4 Å². The maximum absolute atomic E-state index is 4.50. The Kier molecular flexibility index (Phi) is 4.74. The molecule has 0 unspecified atom stereocenters. The first kappa shape index (κ1) is 16.5. The van der Waals surface area contributed by atoms with Crippen molar-refractivity contribution in [1.82, 2.24) is 9.97 Å². The van der Waals surface area contributed by atoms with Crippen LogP contribution >= 0.6 is 0 Å². The van der Waals surface area contributed by atoms with Crippen LogP contribution in [-0.4, -0.2) is 9.97 Å². The molecule has 26 heavy (non-hydrogen) atoms. The van der Waals surface area contributed by atoms with E-state index in [0.29, 0.717) is 5.92 Å². The quantitative estimate of drug-likeness (QED) is 0.444. The van der Waals surface area contributed by atoms with E-state index >= 15 is 0 Å². The minimum Gasteiger partial charge on any atom is -0.264 e. The number of aryl methyl sites for hydroxylation is 1. The lowest BCUT2D eigenvalue weighted by Gasteiger charge is -2.15. The molecule has 0 saturated heterocycles. The molecule has 2 nitrogen and oxygen atoms in total. The summed E-state index contributed by atoms with van der Waals surface area (Å²) in [5, 5.41) is 2.69. The Morgan fingerprint density at radius 1 is 0.885 bits per heavy atom. The largest absolute Gasteiger partial charge is 0.264 e. The molecule has 4 aromatic rings. The molecule has 1 atom stereocenters. The zero-order chi connectivity index (χ0) is 17.8. The Balaban J connectivity index is 1.52. The summed E-state index contributed by atoms with van der Waals surface area (Å²) >= 11 is 0. The molecule has 2 aromatic carbocycles. The summed E-state index contributed by atoms with van der Waals surface area (Å²) in [6, 6.07) is 23.6. The predicted molar refractivity (Wildman–Crippen MR) is 108 cm³/mol. The lowest BCUT2D eigenvalue weighted by molar-refractivity contribution is 0.684. The van der Waals surface area contributed by atoms with Crippen molar-refractivity contribution >= 4 is 10.8 Å². The van der Waals surface area contributed by atoms with Crippen LogP contribution in [0.5, 0.6) is 0 Å². The van der Waals surface area contributed by atoms with Gasteiger partial charge in [-0.2, -0.15) is 0 Å². The van der Waals surface area contributed by atoms with Gasteiger partial charge in [0.2, 0.25) is 0 Å². The normalized spacial score (nSPS) is 12.2. The molecule has 0 saturated carbocycles. The third kappa shape index (κ3) is 3.50.